The van der Waals surface area contributed by atoms with E-state index in [0.717, 1.165) is 50.6 Å². The highest BCUT2D eigenvalue weighted by Gasteiger charge is 2.46. The third-order valence-electron chi connectivity index (χ3n) is 16.9. The average molecular weight is 1830 g/mol. The molecule has 0 spiro atoms. The molecule has 0 bridgehead atoms. The van der Waals surface area contributed by atoms with Crippen LogP contribution in [0.2, 0.25) is 103 Å². The first kappa shape index (κ1) is 140. The molecule has 4 unspecified atom stereocenters. The second kappa shape index (κ2) is 64.8. The average Bonchev–Trinajstić information content (AvgIpc) is 0.798. The molecule has 0 aromatic carbocycles. The van der Waals surface area contributed by atoms with Crippen LogP contribution in [-0.4, -0.2) is 221 Å². The van der Waals surface area contributed by atoms with Gasteiger partial charge >= 0.3 is 59.4 Å². The van der Waals surface area contributed by atoms with Gasteiger partial charge in [0.15, 0.2) is 39.1 Å². The zero-order valence-electron chi connectivity index (χ0n) is 69.5. The van der Waals surface area contributed by atoms with E-state index in [9.17, 15) is 47.9 Å². The van der Waals surface area contributed by atoms with Crippen molar-refractivity contribution >= 4 is 110 Å². The van der Waals surface area contributed by atoms with Gasteiger partial charge in [0.05, 0.1) is 26.3 Å². The topological polar surface area (TPSA) is 363 Å². The van der Waals surface area contributed by atoms with E-state index in [2.05, 4.69) is 139 Å². The van der Waals surface area contributed by atoms with Crippen LogP contribution in [0.5, 0.6) is 0 Å². The third-order valence-corrected chi connectivity index (χ3v) is 39.0. The molecule has 6 N–H and O–H groups in total. The highest BCUT2D eigenvalue weighted by molar-refractivity contribution is 6.89. The summed E-state index contributed by atoms with van der Waals surface area (Å²) in [6.45, 7) is 60.3. The molecule has 0 aromatic rings. The van der Waals surface area contributed by atoms with Gasteiger partial charge in [-0.05, 0) is 197 Å². The van der Waals surface area contributed by atoms with E-state index in [0.29, 0.717) is 56.3 Å². The zero-order chi connectivity index (χ0) is 82.8. The van der Waals surface area contributed by atoms with Crippen LogP contribution < -0.4 is 31.9 Å². The van der Waals surface area contributed by atoms with E-state index in [1.54, 1.807) is 27.7 Å². The van der Waals surface area contributed by atoms with Gasteiger partial charge in [0.2, 0.25) is 11.8 Å². The van der Waals surface area contributed by atoms with E-state index in [4.69, 9.17) is 59.1 Å². The van der Waals surface area contributed by atoms with Crippen LogP contribution in [0.1, 0.15) is 210 Å². The summed E-state index contributed by atoms with van der Waals surface area (Å²) in [5.74, 6) is -2.01. The van der Waals surface area contributed by atoms with Gasteiger partial charge in [0.1, 0.15) is 46.2 Å². The predicted molar refractivity (Wildman–Crippen MR) is 510 cm³/mol. The number of ether oxygens (including phenoxy) is 9. The number of esters is 3. The minimum Gasteiger partial charge on any atom is -0.460 e. The third kappa shape index (κ3) is 66.7. The summed E-state index contributed by atoms with van der Waals surface area (Å²) in [5.41, 5.74) is 0.500. The number of rotatable bonds is 47. The van der Waals surface area contributed by atoms with Crippen molar-refractivity contribution < 1.29 is 107 Å². The minimum absolute atomic E-state index is 0. The number of amides is 6. The monoisotopic (exact) mass is 1830 g/mol. The Morgan fingerprint density at radius 3 is 0.992 bits per heavy atom. The van der Waals surface area contributed by atoms with Crippen molar-refractivity contribution in [1.82, 2.24) is 31.9 Å². The number of nitrogens with one attached hydrogen (secondary N) is 6. The summed E-state index contributed by atoms with van der Waals surface area (Å²) in [6, 6.07) is 2.03. The van der Waals surface area contributed by atoms with Crippen molar-refractivity contribution in [3.8, 4) is 0 Å². The number of ketones is 1. The lowest BCUT2D eigenvalue weighted by atomic mass is 9.62. The lowest BCUT2D eigenvalue weighted by molar-refractivity contribution is -0.140. The molecule has 0 radical (unpaired) electrons. The van der Waals surface area contributed by atoms with Gasteiger partial charge in [0, 0.05) is 67.2 Å². The molecular weight excluding hydrogens is 1640 g/mol. The van der Waals surface area contributed by atoms with Gasteiger partial charge in [-0.15, -0.1) is 0 Å². The Hall–Kier alpha value is -5.88. The Morgan fingerprint density at radius 1 is 0.342 bits per heavy atom. The standard InChI is InChI=1S/C48H88N4O14Si3.C25H48N2O9Si3.12CH4/c1-35(2)40(54)60-21-23-62-42(56)49-33-47(9)28-37(26-45(5,6)31-47)51-39(53)30-68(13,14)66-69(15,16)65-67(11,12)25-17-18-59-19-20-64-44(58)52-38-27-46(7,8)32-48(10,29-38)34-50-43(57)63-24-22-61-41(55)36(3)4;1-20(2)22(28)18-27-23(29)19-38(7,8)36-39(9,10)35-37(5,6)17-11-13-32-15-16-34-25(31)26-12-14-33-24(30)21(3)4;;;;;;;;;;;;/h37-38H,1,3,17-34H2,2,4-16H3,(H,49,56)(H,50,57)(H,51,53)(H,52,58);1,3,11-19H2,2,4-10H3,(H,26,31)(H,27,29);12*1H4. The molecule has 716 valence electrons. The highest BCUT2D eigenvalue weighted by atomic mass is 28.5. The van der Waals surface area contributed by atoms with E-state index >= 15 is 0 Å². The summed E-state index contributed by atoms with van der Waals surface area (Å²) in [4.78, 5) is 121. The van der Waals surface area contributed by atoms with Gasteiger partial charge in [-0.1, -0.05) is 157 Å². The van der Waals surface area contributed by atoms with Gasteiger partial charge in [0.25, 0.3) is 0 Å². The Kier molecular flexibility index (Phi) is 75.6. The van der Waals surface area contributed by atoms with Crippen LogP contribution >= 0.6 is 0 Å². The Morgan fingerprint density at radius 2 is 0.642 bits per heavy atom. The predicted octanol–water partition coefficient (Wildman–Crippen LogP) is 19.5. The molecule has 29 nitrogen and oxygen atoms in total. The number of hydrogen-bond acceptors (Lipinski definition) is 23. The number of carbonyl (C=O) groups is 10. The fourth-order valence-electron chi connectivity index (χ4n) is 14.0. The number of carbonyl (C=O) groups excluding carboxylic acids is 10. The fraction of sp³-hybridized carbons (Fsp3) is 0.788. The molecule has 2 aliphatic rings. The van der Waals surface area contributed by atoms with E-state index in [1.807, 2.05) is 39.3 Å². The largest absolute Gasteiger partial charge is 0.460 e. The molecule has 120 heavy (non-hydrogen) atoms. The lowest BCUT2D eigenvalue weighted by Gasteiger charge is -2.47. The van der Waals surface area contributed by atoms with E-state index in [-0.39, 0.29) is 230 Å². The maximum atomic E-state index is 13.6. The van der Waals surface area contributed by atoms with Crippen molar-refractivity contribution in [3.63, 3.8) is 0 Å². The minimum atomic E-state index is -2.62. The molecule has 2 saturated carbocycles. The van der Waals surface area contributed by atoms with Gasteiger partial charge in [-0.3, -0.25) is 14.4 Å². The van der Waals surface area contributed by atoms with Crippen molar-refractivity contribution in [2.24, 2.45) is 21.7 Å². The molecule has 0 aliphatic heterocycles. The summed E-state index contributed by atoms with van der Waals surface area (Å²) in [6.07, 6.45) is 3.86. The molecule has 2 rings (SSSR count). The SMILES string of the molecule is C.C.C.C.C.C.C.C.C.C.C.C.C=C(C)C(=O)CNC(=O)C[Si](C)(C)O[Si](C)(C)O[Si](C)(C)CCCOCCOC(=O)NCCOC(=O)C(=C)C.C=C(C)C(=O)OCCOC(=O)NCC1(C)CC(NC(=O)C[Si](C)(C)O[Si](C)(C)O[Si](C)(C)CCCOCCOC(=O)NC2CC(C)(C)CC(C)(CNC(=O)OCCOC(=O)C(=C)C)C2)CC(C)(C)C1. The van der Waals surface area contributed by atoms with E-state index in [1.165, 1.54) is 0 Å². The molecule has 0 aromatic heterocycles. The smallest absolute Gasteiger partial charge is 0.407 e. The van der Waals surface area contributed by atoms with Crippen molar-refractivity contribution in [2.45, 2.75) is 325 Å². The van der Waals surface area contributed by atoms with Gasteiger partial charge in [-0.25, -0.2) is 33.6 Å². The molecular formula is C85H184N6O23Si6. The fourth-order valence-corrected chi connectivity index (χ4v) is 41.5. The number of Topliss-reactive ketones (excluding diaryl/α,β-unsaturated/α-hetero) is 1. The van der Waals surface area contributed by atoms with Crippen molar-refractivity contribution in [3.05, 3.63) is 48.6 Å². The Balaban J connectivity index is -0.000000199. The van der Waals surface area contributed by atoms with Crippen LogP contribution in [0.25, 0.3) is 0 Å². The summed E-state index contributed by atoms with van der Waals surface area (Å²) in [5, 5.41) is 17.1. The molecule has 4 atom stereocenters. The first-order valence-corrected chi connectivity index (χ1v) is 55.4. The molecule has 0 saturated heterocycles. The summed E-state index contributed by atoms with van der Waals surface area (Å²) >= 11 is 0. The molecule has 2 fully saturated rings. The highest BCUT2D eigenvalue weighted by Crippen LogP contribution is 2.47. The Bertz CT molecular complexity index is 3050. The van der Waals surface area contributed by atoms with Crippen molar-refractivity contribution in [1.29, 1.82) is 0 Å². The molecule has 6 amide bonds. The van der Waals surface area contributed by atoms with Crippen LogP contribution in [0.3, 0.4) is 0 Å². The lowest BCUT2D eigenvalue weighted by Crippen LogP contribution is -2.54. The Labute approximate surface area is 738 Å². The van der Waals surface area contributed by atoms with Gasteiger partial charge < -0.3 is 91.0 Å². The molecule has 0 heterocycles. The zero-order valence-corrected chi connectivity index (χ0v) is 75.5. The first-order chi connectivity index (χ1) is 49.5. The maximum Gasteiger partial charge on any atom is 0.407 e. The second-order valence-corrected chi connectivity index (χ2v) is 58.8. The quantitative estimate of drug-likeness (QED) is 0.0108. The van der Waals surface area contributed by atoms with Crippen LogP contribution in [0.15, 0.2) is 48.6 Å². The van der Waals surface area contributed by atoms with Gasteiger partial charge in [-0.2, -0.15) is 0 Å². The second-order valence-electron chi connectivity index (χ2n) is 34.2. The summed E-state index contributed by atoms with van der Waals surface area (Å²) < 4.78 is 73.5. The van der Waals surface area contributed by atoms with Crippen molar-refractivity contribution in [2.75, 3.05) is 98.9 Å². The van der Waals surface area contributed by atoms with Crippen LogP contribution in [-0.2, 0) is 87.9 Å². The number of hydrogen-bond donors (Lipinski definition) is 6. The normalized spacial score (nSPS) is 16.6. The first-order valence-electron chi connectivity index (χ1n) is 37.3. The molecule has 2 aliphatic carbocycles. The summed E-state index contributed by atoms with van der Waals surface area (Å²) in [7, 11) is -14.2. The maximum absolute atomic E-state index is 13.6. The number of alkyl carbamates (subject to hydrolysis) is 4. The molecule has 35 heteroatoms. The van der Waals surface area contributed by atoms with E-state index < -0.39 is 92.7 Å². The van der Waals surface area contributed by atoms with Crippen LogP contribution in [0, 0.1) is 21.7 Å². The van der Waals surface area contributed by atoms with Crippen LogP contribution in [0.4, 0.5) is 19.2 Å².